The number of esters is 2. The summed E-state index contributed by atoms with van der Waals surface area (Å²) in [5.74, 6) is -0.964. The molecule has 0 saturated heterocycles. The van der Waals surface area contributed by atoms with E-state index in [0.29, 0.717) is 11.1 Å². The lowest BCUT2D eigenvalue weighted by Crippen LogP contribution is -2.08. The van der Waals surface area contributed by atoms with Crippen molar-refractivity contribution in [1.29, 1.82) is 0 Å². The Labute approximate surface area is 158 Å². The maximum Gasteiger partial charge on any atom is 0.338 e. The molecule has 0 unspecified atom stereocenters. The number of methoxy groups -OCH3 is 1. The van der Waals surface area contributed by atoms with Crippen LogP contribution >= 0.6 is 0 Å². The normalized spacial score (nSPS) is 10.3. The maximum atomic E-state index is 12.2. The Morgan fingerprint density at radius 1 is 0.704 bits per heavy atom. The first-order valence-electron chi connectivity index (χ1n) is 8.68. The fourth-order valence-electron chi connectivity index (χ4n) is 2.85. The van der Waals surface area contributed by atoms with Crippen molar-refractivity contribution < 1.29 is 19.1 Å². The monoisotopic (exact) mass is 360 g/mol. The van der Waals surface area contributed by atoms with Crippen LogP contribution < -0.4 is 0 Å². The van der Waals surface area contributed by atoms with Crippen molar-refractivity contribution in [2.45, 2.75) is 6.92 Å². The van der Waals surface area contributed by atoms with E-state index in [2.05, 4.69) is 0 Å². The molecule has 4 heteroatoms. The fourth-order valence-corrected chi connectivity index (χ4v) is 2.85. The second-order valence-electron chi connectivity index (χ2n) is 5.95. The Morgan fingerprint density at radius 2 is 1.22 bits per heavy atom. The van der Waals surface area contributed by atoms with Gasteiger partial charge in [0.15, 0.2) is 0 Å². The van der Waals surface area contributed by atoms with Gasteiger partial charge in [-0.15, -0.1) is 0 Å². The molecule has 0 radical (unpaired) electrons. The molecule has 3 rings (SSSR count). The quantitative estimate of drug-likeness (QED) is 0.602. The van der Waals surface area contributed by atoms with E-state index < -0.39 is 11.9 Å². The lowest BCUT2D eigenvalue weighted by atomic mass is 9.97. The van der Waals surface area contributed by atoms with Gasteiger partial charge < -0.3 is 9.47 Å². The average Bonchev–Trinajstić information content (AvgIpc) is 2.73. The molecule has 0 aliphatic heterocycles. The predicted octanol–water partition coefficient (Wildman–Crippen LogP) is 4.98. The van der Waals surface area contributed by atoms with Gasteiger partial charge in [-0.2, -0.15) is 0 Å². The zero-order chi connectivity index (χ0) is 19.2. The molecule has 3 aromatic rings. The summed E-state index contributed by atoms with van der Waals surface area (Å²) in [6.45, 7) is 2.01. The Kier molecular flexibility index (Phi) is 5.67. The highest BCUT2D eigenvalue weighted by molar-refractivity contribution is 5.97. The van der Waals surface area contributed by atoms with E-state index in [1.807, 2.05) is 54.6 Å². The van der Waals surface area contributed by atoms with E-state index in [0.717, 1.165) is 22.3 Å². The molecule has 0 atom stereocenters. The number of benzene rings is 3. The van der Waals surface area contributed by atoms with E-state index in [4.69, 9.17) is 9.47 Å². The molecule has 0 saturated carbocycles. The summed E-state index contributed by atoms with van der Waals surface area (Å²) >= 11 is 0. The number of hydrogen-bond acceptors (Lipinski definition) is 4. The number of hydrogen-bond donors (Lipinski definition) is 0. The van der Waals surface area contributed by atoms with Crippen LogP contribution in [0.1, 0.15) is 27.6 Å². The Bertz CT molecular complexity index is 944. The van der Waals surface area contributed by atoms with Gasteiger partial charge in [-0.05, 0) is 47.4 Å². The van der Waals surface area contributed by atoms with Crippen molar-refractivity contribution >= 4 is 11.9 Å². The van der Waals surface area contributed by atoms with Crippen molar-refractivity contribution in [1.82, 2.24) is 0 Å². The highest BCUT2D eigenvalue weighted by Gasteiger charge is 2.15. The number of carbonyl (C=O) groups excluding carboxylic acids is 2. The van der Waals surface area contributed by atoms with Crippen molar-refractivity contribution in [3.05, 3.63) is 83.9 Å². The molecule has 0 spiro atoms. The molecule has 0 N–H and O–H groups in total. The topological polar surface area (TPSA) is 52.6 Å². The molecule has 0 fully saturated rings. The Balaban J connectivity index is 2.00. The molecule has 3 aromatic carbocycles. The van der Waals surface area contributed by atoms with Gasteiger partial charge in [0.05, 0.1) is 24.8 Å². The van der Waals surface area contributed by atoms with Crippen LogP contribution in [0.3, 0.4) is 0 Å². The van der Waals surface area contributed by atoms with Crippen LogP contribution in [-0.2, 0) is 9.47 Å². The molecule has 136 valence electrons. The van der Waals surface area contributed by atoms with Crippen LogP contribution in [-0.4, -0.2) is 25.7 Å². The minimum absolute atomic E-state index is 0.266. The van der Waals surface area contributed by atoms with Crippen LogP contribution in [0.5, 0.6) is 0 Å². The molecule has 0 aromatic heterocycles. The molecule has 0 amide bonds. The average molecular weight is 360 g/mol. The van der Waals surface area contributed by atoms with Gasteiger partial charge in [0.25, 0.3) is 0 Å². The highest BCUT2D eigenvalue weighted by Crippen LogP contribution is 2.27. The first kappa shape index (κ1) is 18.4. The predicted molar refractivity (Wildman–Crippen MR) is 105 cm³/mol. The summed E-state index contributed by atoms with van der Waals surface area (Å²) < 4.78 is 9.88. The summed E-state index contributed by atoms with van der Waals surface area (Å²) in [6.07, 6.45) is 0. The summed E-state index contributed by atoms with van der Waals surface area (Å²) in [4.78, 5) is 24.2. The van der Waals surface area contributed by atoms with Gasteiger partial charge in [0.1, 0.15) is 0 Å². The molecule has 0 aliphatic rings. The summed E-state index contributed by atoms with van der Waals surface area (Å²) in [5.41, 5.74) is 4.49. The second-order valence-corrected chi connectivity index (χ2v) is 5.95. The summed E-state index contributed by atoms with van der Waals surface area (Å²) in [5, 5.41) is 0. The standard InChI is InChI=1S/C23H20O4/c1-3-27-23(25)21-14-19(13-20(15-21)22(24)26-2)18-11-9-17(10-12-18)16-7-5-4-6-8-16/h4-15H,3H2,1-2H3. The molecule has 4 nitrogen and oxygen atoms in total. The third-order valence-corrected chi connectivity index (χ3v) is 4.19. The highest BCUT2D eigenvalue weighted by atomic mass is 16.5. The lowest BCUT2D eigenvalue weighted by molar-refractivity contribution is 0.0526. The molecule has 0 heterocycles. The van der Waals surface area contributed by atoms with Crippen LogP contribution in [0.2, 0.25) is 0 Å². The minimum Gasteiger partial charge on any atom is -0.465 e. The van der Waals surface area contributed by atoms with Crippen molar-refractivity contribution in [2.75, 3.05) is 13.7 Å². The summed E-state index contributed by atoms with van der Waals surface area (Å²) in [7, 11) is 1.31. The number of ether oxygens (including phenoxy) is 2. The largest absolute Gasteiger partial charge is 0.465 e. The molecule has 27 heavy (non-hydrogen) atoms. The van der Waals surface area contributed by atoms with Crippen LogP contribution in [0.25, 0.3) is 22.3 Å². The zero-order valence-electron chi connectivity index (χ0n) is 15.3. The fraction of sp³-hybridized carbons (Fsp3) is 0.130. The van der Waals surface area contributed by atoms with Crippen LogP contribution in [0, 0.1) is 0 Å². The molecule has 0 bridgehead atoms. The van der Waals surface area contributed by atoms with Crippen LogP contribution in [0.15, 0.2) is 72.8 Å². The Morgan fingerprint density at radius 3 is 1.78 bits per heavy atom. The van der Waals surface area contributed by atoms with Gasteiger partial charge in [-0.3, -0.25) is 0 Å². The first-order valence-corrected chi connectivity index (χ1v) is 8.68. The Hall–Kier alpha value is -3.40. The van der Waals surface area contributed by atoms with E-state index >= 15 is 0 Å². The van der Waals surface area contributed by atoms with E-state index in [9.17, 15) is 9.59 Å². The van der Waals surface area contributed by atoms with Gasteiger partial charge in [0, 0.05) is 0 Å². The minimum atomic E-state index is -0.497. The van der Waals surface area contributed by atoms with Gasteiger partial charge in [-0.25, -0.2) is 9.59 Å². The maximum absolute atomic E-state index is 12.2. The van der Waals surface area contributed by atoms with Crippen LogP contribution in [0.4, 0.5) is 0 Å². The van der Waals surface area contributed by atoms with E-state index in [1.165, 1.54) is 13.2 Å². The van der Waals surface area contributed by atoms with Crippen molar-refractivity contribution in [3.63, 3.8) is 0 Å². The number of carbonyl (C=O) groups is 2. The van der Waals surface area contributed by atoms with E-state index in [1.54, 1.807) is 19.1 Å². The summed E-state index contributed by atoms with van der Waals surface area (Å²) in [6, 6.07) is 23.0. The zero-order valence-corrected chi connectivity index (χ0v) is 15.3. The molecule has 0 aliphatic carbocycles. The SMILES string of the molecule is CCOC(=O)c1cc(C(=O)OC)cc(-c2ccc(-c3ccccc3)cc2)c1. The van der Waals surface area contributed by atoms with E-state index in [-0.39, 0.29) is 6.61 Å². The molecular formula is C23H20O4. The van der Waals surface area contributed by atoms with Gasteiger partial charge >= 0.3 is 11.9 Å². The van der Waals surface area contributed by atoms with Gasteiger partial charge in [0.2, 0.25) is 0 Å². The first-order chi connectivity index (χ1) is 13.1. The lowest BCUT2D eigenvalue weighted by Gasteiger charge is -2.10. The molecular weight excluding hydrogens is 340 g/mol. The number of rotatable bonds is 5. The smallest absolute Gasteiger partial charge is 0.338 e. The van der Waals surface area contributed by atoms with Crippen molar-refractivity contribution in [3.8, 4) is 22.3 Å². The third kappa shape index (κ3) is 4.23. The van der Waals surface area contributed by atoms with Gasteiger partial charge in [-0.1, -0.05) is 54.6 Å². The third-order valence-electron chi connectivity index (χ3n) is 4.19. The van der Waals surface area contributed by atoms with Crippen molar-refractivity contribution in [2.24, 2.45) is 0 Å². The second kappa shape index (κ2) is 8.32.